The van der Waals surface area contributed by atoms with E-state index >= 15 is 0 Å². The number of hydrogen-bond acceptors (Lipinski definition) is 6. The summed E-state index contributed by atoms with van der Waals surface area (Å²) in [6.45, 7) is 3.57. The van der Waals surface area contributed by atoms with E-state index in [1.165, 1.54) is 24.0 Å². The Kier molecular flexibility index (Phi) is 4.11. The average molecular weight is 225 g/mol. The third-order valence-electron chi connectivity index (χ3n) is 1.53. The number of ether oxygens (including phenoxy) is 1. The Bertz CT molecular complexity index is 382. The number of rotatable bonds is 4. The van der Waals surface area contributed by atoms with Gasteiger partial charge in [-0.15, -0.1) is 0 Å². The van der Waals surface area contributed by atoms with Crippen molar-refractivity contribution in [3.63, 3.8) is 0 Å². The molecule has 0 amide bonds. The number of carbonyl (C=O) groups is 1. The fourth-order valence-electron chi connectivity index (χ4n) is 0.846. The molecule has 15 heavy (non-hydrogen) atoms. The van der Waals surface area contributed by atoms with Crippen molar-refractivity contribution in [1.82, 2.24) is 9.97 Å². The number of nitrogens with zero attached hydrogens (tertiary/aromatic N) is 2. The number of esters is 1. The first kappa shape index (κ1) is 11.5. The molecule has 0 saturated heterocycles. The van der Waals surface area contributed by atoms with Crippen LogP contribution in [-0.2, 0) is 4.74 Å². The largest absolute Gasteiger partial charge is 0.458 e. The molecule has 0 bridgehead atoms. The maximum Gasteiger partial charge on any atom is 0.343 e. The zero-order valence-corrected chi connectivity index (χ0v) is 9.08. The molecular formula is C9H11N3O2S. The summed E-state index contributed by atoms with van der Waals surface area (Å²) in [6.07, 6.45) is 4.66. The van der Waals surface area contributed by atoms with Crippen LogP contribution < -0.4 is 5.73 Å². The van der Waals surface area contributed by atoms with E-state index in [0.29, 0.717) is 5.16 Å². The number of carbonyl (C=O) groups excluding carboxylic acids is 1. The van der Waals surface area contributed by atoms with Crippen molar-refractivity contribution in [3.8, 4) is 0 Å². The molecule has 0 fully saturated rings. The van der Waals surface area contributed by atoms with Crippen molar-refractivity contribution in [2.24, 2.45) is 0 Å². The van der Waals surface area contributed by atoms with E-state index in [1.807, 2.05) is 6.26 Å². The van der Waals surface area contributed by atoms with Gasteiger partial charge in [-0.3, -0.25) is 0 Å². The second-order valence-corrected chi connectivity index (χ2v) is 3.32. The lowest BCUT2D eigenvalue weighted by atomic mass is 10.3. The summed E-state index contributed by atoms with van der Waals surface area (Å²) in [4.78, 5) is 19.2. The Labute approximate surface area is 91.7 Å². The minimum atomic E-state index is -0.542. The molecular weight excluding hydrogens is 214 g/mol. The molecule has 80 valence electrons. The monoisotopic (exact) mass is 225 g/mol. The van der Waals surface area contributed by atoms with Gasteiger partial charge < -0.3 is 10.5 Å². The second-order valence-electron chi connectivity index (χ2n) is 2.54. The molecule has 5 nitrogen and oxygen atoms in total. The normalized spacial score (nSPS) is 9.67. The highest BCUT2D eigenvalue weighted by Crippen LogP contribution is 2.14. The van der Waals surface area contributed by atoms with Gasteiger partial charge in [0.05, 0.1) is 0 Å². The van der Waals surface area contributed by atoms with Gasteiger partial charge >= 0.3 is 5.97 Å². The van der Waals surface area contributed by atoms with Gasteiger partial charge in [0.2, 0.25) is 0 Å². The lowest BCUT2D eigenvalue weighted by molar-refractivity contribution is 0.0550. The number of thioether (sulfide) groups is 1. The summed E-state index contributed by atoms with van der Waals surface area (Å²) >= 11 is 1.35. The van der Waals surface area contributed by atoms with E-state index in [4.69, 9.17) is 10.5 Å². The predicted molar refractivity (Wildman–Crippen MR) is 58.7 cm³/mol. The molecule has 0 saturated carbocycles. The lowest BCUT2D eigenvalue weighted by Crippen LogP contribution is -2.10. The van der Waals surface area contributed by atoms with Crippen molar-refractivity contribution < 1.29 is 9.53 Å². The van der Waals surface area contributed by atoms with Crippen LogP contribution in [0, 0.1) is 0 Å². The van der Waals surface area contributed by atoms with E-state index in [-0.39, 0.29) is 18.0 Å². The molecule has 1 aromatic heterocycles. The standard InChI is InChI=1S/C9H11N3O2S/c1-3-4-14-8(13)6-5-11-9(15-2)12-7(6)10/h3,5H,1,4H2,2H3,(H2,10,11,12). The molecule has 2 N–H and O–H groups in total. The number of nitrogen functional groups attached to an aromatic ring is 1. The summed E-state index contributed by atoms with van der Waals surface area (Å²) < 4.78 is 4.81. The van der Waals surface area contributed by atoms with E-state index in [9.17, 15) is 4.79 Å². The summed E-state index contributed by atoms with van der Waals surface area (Å²) in [5.74, 6) is -0.413. The van der Waals surface area contributed by atoms with Crippen LogP contribution in [0.3, 0.4) is 0 Å². The van der Waals surface area contributed by atoms with Gasteiger partial charge in [0.25, 0.3) is 0 Å². The van der Waals surface area contributed by atoms with E-state index < -0.39 is 5.97 Å². The first-order valence-corrected chi connectivity index (χ1v) is 5.36. The van der Waals surface area contributed by atoms with Gasteiger partial charge in [-0.25, -0.2) is 14.8 Å². The summed E-state index contributed by atoms with van der Waals surface area (Å²) in [5, 5.41) is 0.521. The Balaban J connectivity index is 2.85. The van der Waals surface area contributed by atoms with E-state index in [0.717, 1.165) is 0 Å². The van der Waals surface area contributed by atoms with Crippen molar-refractivity contribution >= 4 is 23.5 Å². The molecule has 0 aromatic carbocycles. The highest BCUT2D eigenvalue weighted by Gasteiger charge is 2.13. The summed E-state index contributed by atoms with van der Waals surface area (Å²) in [6, 6.07) is 0. The van der Waals surface area contributed by atoms with Crippen LogP contribution in [0.4, 0.5) is 5.82 Å². The Morgan fingerprint density at radius 1 is 1.80 bits per heavy atom. The summed E-state index contributed by atoms with van der Waals surface area (Å²) in [7, 11) is 0. The SMILES string of the molecule is C=CCOC(=O)c1cnc(SC)nc1N. The van der Waals surface area contributed by atoms with Gasteiger partial charge in [-0.1, -0.05) is 24.4 Å². The van der Waals surface area contributed by atoms with E-state index in [2.05, 4.69) is 16.5 Å². The Hall–Kier alpha value is -1.56. The fraction of sp³-hybridized carbons (Fsp3) is 0.222. The lowest BCUT2D eigenvalue weighted by Gasteiger charge is -2.04. The van der Waals surface area contributed by atoms with Gasteiger partial charge in [-0.05, 0) is 6.26 Å². The van der Waals surface area contributed by atoms with Gasteiger partial charge in [0.1, 0.15) is 18.0 Å². The molecule has 0 aliphatic carbocycles. The quantitative estimate of drug-likeness (QED) is 0.358. The topological polar surface area (TPSA) is 78.1 Å². The Morgan fingerprint density at radius 2 is 2.53 bits per heavy atom. The Morgan fingerprint density at radius 3 is 3.07 bits per heavy atom. The maximum absolute atomic E-state index is 11.4. The predicted octanol–water partition coefficient (Wildman–Crippen LogP) is 1.12. The van der Waals surface area contributed by atoms with Crippen LogP contribution >= 0.6 is 11.8 Å². The molecule has 1 aromatic rings. The molecule has 0 aliphatic heterocycles. The molecule has 1 rings (SSSR count). The second kappa shape index (κ2) is 5.35. The van der Waals surface area contributed by atoms with Crippen molar-refractivity contribution in [3.05, 3.63) is 24.4 Å². The van der Waals surface area contributed by atoms with Crippen LogP contribution in [0.1, 0.15) is 10.4 Å². The molecule has 0 unspecified atom stereocenters. The van der Waals surface area contributed by atoms with Crippen molar-refractivity contribution in [2.45, 2.75) is 5.16 Å². The molecule has 1 heterocycles. The van der Waals surface area contributed by atoms with Gasteiger partial charge in [0.15, 0.2) is 5.16 Å². The van der Waals surface area contributed by atoms with Crippen molar-refractivity contribution in [2.75, 3.05) is 18.6 Å². The minimum Gasteiger partial charge on any atom is -0.458 e. The fourth-order valence-corrected chi connectivity index (χ4v) is 1.19. The minimum absolute atomic E-state index is 0.128. The third kappa shape index (κ3) is 2.95. The van der Waals surface area contributed by atoms with Crippen LogP contribution in [0.2, 0.25) is 0 Å². The molecule has 0 spiro atoms. The van der Waals surface area contributed by atoms with Gasteiger partial charge in [-0.2, -0.15) is 0 Å². The van der Waals surface area contributed by atoms with Crippen molar-refractivity contribution in [1.29, 1.82) is 0 Å². The highest BCUT2D eigenvalue weighted by atomic mass is 32.2. The average Bonchev–Trinajstić information content (AvgIpc) is 2.25. The zero-order chi connectivity index (χ0) is 11.3. The molecule has 0 radical (unpaired) electrons. The first-order valence-electron chi connectivity index (χ1n) is 4.13. The first-order chi connectivity index (χ1) is 7.19. The van der Waals surface area contributed by atoms with E-state index in [1.54, 1.807) is 0 Å². The molecule has 6 heteroatoms. The number of nitrogens with two attached hydrogens (primary N) is 1. The van der Waals surface area contributed by atoms with Gasteiger partial charge in [0, 0.05) is 6.20 Å². The number of hydrogen-bond donors (Lipinski definition) is 1. The maximum atomic E-state index is 11.4. The highest BCUT2D eigenvalue weighted by molar-refractivity contribution is 7.98. The van der Waals surface area contributed by atoms with Crippen LogP contribution in [0.25, 0.3) is 0 Å². The van der Waals surface area contributed by atoms with Crippen LogP contribution in [0.15, 0.2) is 24.0 Å². The third-order valence-corrected chi connectivity index (χ3v) is 2.09. The number of anilines is 1. The zero-order valence-electron chi connectivity index (χ0n) is 8.27. The van der Waals surface area contributed by atoms with Crippen LogP contribution in [-0.4, -0.2) is 28.8 Å². The smallest absolute Gasteiger partial charge is 0.343 e. The van der Waals surface area contributed by atoms with Crippen LogP contribution in [0.5, 0.6) is 0 Å². The number of aromatic nitrogens is 2. The summed E-state index contributed by atoms with van der Waals surface area (Å²) in [5.41, 5.74) is 5.75. The molecule has 0 atom stereocenters. The molecule has 0 aliphatic rings.